The van der Waals surface area contributed by atoms with Crippen LogP contribution in [0.1, 0.15) is 32.6 Å². The van der Waals surface area contributed by atoms with E-state index >= 15 is 0 Å². The van der Waals surface area contributed by atoms with Crippen molar-refractivity contribution >= 4 is 30.1 Å². The molecule has 0 aromatic heterocycles. The molecule has 0 spiro atoms. The maximum absolute atomic E-state index is 12.3. The van der Waals surface area contributed by atoms with E-state index in [0.29, 0.717) is 11.2 Å². The second-order valence-corrected chi connectivity index (χ2v) is 6.64. The van der Waals surface area contributed by atoms with E-state index in [2.05, 4.69) is 11.8 Å². The highest BCUT2D eigenvalue weighted by Crippen LogP contribution is 2.27. The Morgan fingerprint density at radius 2 is 2.18 bits per heavy atom. The fourth-order valence-electron chi connectivity index (χ4n) is 2.73. The number of thioether (sulfide) groups is 1. The highest BCUT2D eigenvalue weighted by molar-refractivity contribution is 7.99. The van der Waals surface area contributed by atoms with Gasteiger partial charge in [0.05, 0.1) is 0 Å². The third-order valence-electron chi connectivity index (χ3n) is 3.62. The van der Waals surface area contributed by atoms with E-state index in [0.717, 1.165) is 44.5 Å². The largest absolute Gasteiger partial charge is 0.341 e. The summed E-state index contributed by atoms with van der Waals surface area (Å²) in [6, 6.07) is 0.249. The van der Waals surface area contributed by atoms with E-state index in [1.54, 1.807) is 0 Å². The van der Waals surface area contributed by atoms with Crippen molar-refractivity contribution in [3.8, 4) is 0 Å². The molecule has 3 nitrogen and oxygen atoms in total. The van der Waals surface area contributed by atoms with Crippen molar-refractivity contribution in [3.05, 3.63) is 0 Å². The molecule has 0 radical (unpaired) electrons. The van der Waals surface area contributed by atoms with Crippen LogP contribution in [0.2, 0.25) is 0 Å². The Hall–Kier alpha value is 0.0700. The number of rotatable bonds is 1. The van der Waals surface area contributed by atoms with Crippen LogP contribution < -0.4 is 5.73 Å². The first-order valence-corrected chi connectivity index (χ1v) is 7.37. The normalized spacial score (nSPS) is 34.0. The van der Waals surface area contributed by atoms with Crippen LogP contribution in [0, 0.1) is 5.92 Å². The molecule has 3 unspecified atom stereocenters. The lowest BCUT2D eigenvalue weighted by Crippen LogP contribution is -2.46. The molecule has 100 valence electrons. The number of nitrogens with zero attached hydrogens (tertiary/aromatic N) is 1. The molecule has 17 heavy (non-hydrogen) atoms. The number of amides is 1. The average molecular weight is 279 g/mol. The molecular weight excluding hydrogens is 256 g/mol. The van der Waals surface area contributed by atoms with Gasteiger partial charge in [-0.25, -0.2) is 0 Å². The van der Waals surface area contributed by atoms with Crippen molar-refractivity contribution in [1.82, 2.24) is 4.90 Å². The van der Waals surface area contributed by atoms with Gasteiger partial charge in [0.1, 0.15) is 0 Å². The second kappa shape index (κ2) is 6.86. The third kappa shape index (κ3) is 4.04. The molecule has 2 N–H and O–H groups in total. The summed E-state index contributed by atoms with van der Waals surface area (Å²) in [5.74, 6) is 1.66. The number of carbonyl (C=O) groups excluding carboxylic acids is 1. The number of hydrogen-bond acceptors (Lipinski definition) is 3. The molecule has 0 aromatic rings. The molecular formula is C12H23ClN2OS. The van der Waals surface area contributed by atoms with Crippen molar-refractivity contribution < 1.29 is 4.79 Å². The van der Waals surface area contributed by atoms with Crippen LogP contribution in [0.4, 0.5) is 0 Å². The maximum atomic E-state index is 12.3. The second-order valence-electron chi connectivity index (χ2n) is 5.09. The number of carbonyl (C=O) groups is 1. The van der Waals surface area contributed by atoms with Crippen LogP contribution >= 0.6 is 24.2 Å². The minimum Gasteiger partial charge on any atom is -0.341 e. The SMILES string of the molecule is CC1CN(C(=O)C2CCCC(N)C2)CCS1.Cl. The predicted octanol–water partition coefficient (Wildman–Crippen LogP) is 1.89. The molecule has 3 atom stereocenters. The molecule has 0 bridgehead atoms. The van der Waals surface area contributed by atoms with Gasteiger partial charge in [0.15, 0.2) is 0 Å². The van der Waals surface area contributed by atoms with E-state index < -0.39 is 0 Å². The number of halogens is 1. The third-order valence-corrected chi connectivity index (χ3v) is 4.75. The quantitative estimate of drug-likeness (QED) is 0.797. The standard InChI is InChI=1S/C12H22N2OS.ClH/c1-9-8-14(5-6-16-9)12(15)10-3-2-4-11(13)7-10;/h9-11H,2-8,13H2,1H3;1H. The Bertz CT molecular complexity index is 241. The first-order valence-electron chi connectivity index (χ1n) is 6.33. The Kier molecular flexibility index (Phi) is 6.10. The lowest BCUT2D eigenvalue weighted by atomic mass is 9.85. The molecule has 2 aliphatic rings. The average Bonchev–Trinajstić information content (AvgIpc) is 2.28. The Labute approximate surface area is 114 Å². The predicted molar refractivity (Wildman–Crippen MR) is 75.7 cm³/mol. The molecule has 1 heterocycles. The van der Waals surface area contributed by atoms with E-state index in [4.69, 9.17) is 5.73 Å². The molecule has 2 fully saturated rings. The Morgan fingerprint density at radius 1 is 1.41 bits per heavy atom. The zero-order valence-electron chi connectivity index (χ0n) is 10.4. The van der Waals surface area contributed by atoms with Crippen molar-refractivity contribution in [2.24, 2.45) is 11.7 Å². The molecule has 1 saturated carbocycles. The summed E-state index contributed by atoms with van der Waals surface area (Å²) in [6.45, 7) is 4.06. The summed E-state index contributed by atoms with van der Waals surface area (Å²) >= 11 is 1.97. The van der Waals surface area contributed by atoms with E-state index in [9.17, 15) is 4.79 Å². The fraction of sp³-hybridized carbons (Fsp3) is 0.917. The van der Waals surface area contributed by atoms with Crippen LogP contribution in [-0.4, -0.2) is 40.9 Å². The van der Waals surface area contributed by atoms with Gasteiger partial charge in [-0.1, -0.05) is 13.3 Å². The summed E-state index contributed by atoms with van der Waals surface area (Å²) in [6.07, 6.45) is 4.16. The van der Waals surface area contributed by atoms with Gasteiger partial charge in [-0.15, -0.1) is 12.4 Å². The van der Waals surface area contributed by atoms with Gasteiger partial charge in [0.25, 0.3) is 0 Å². The van der Waals surface area contributed by atoms with Gasteiger partial charge in [-0.3, -0.25) is 4.79 Å². The van der Waals surface area contributed by atoms with Gasteiger partial charge in [0, 0.05) is 36.1 Å². The van der Waals surface area contributed by atoms with Gasteiger partial charge in [-0.2, -0.15) is 11.8 Å². The summed E-state index contributed by atoms with van der Waals surface area (Å²) < 4.78 is 0. The molecule has 2 rings (SSSR count). The van der Waals surface area contributed by atoms with Crippen LogP contribution in [0.5, 0.6) is 0 Å². The van der Waals surface area contributed by atoms with Crippen molar-refractivity contribution in [2.45, 2.75) is 43.9 Å². The van der Waals surface area contributed by atoms with E-state index in [1.807, 2.05) is 11.8 Å². The lowest BCUT2D eigenvalue weighted by Gasteiger charge is -2.35. The van der Waals surface area contributed by atoms with E-state index in [-0.39, 0.29) is 24.4 Å². The molecule has 1 saturated heterocycles. The summed E-state index contributed by atoms with van der Waals surface area (Å²) in [7, 11) is 0. The van der Waals surface area contributed by atoms with Gasteiger partial charge in [-0.05, 0) is 19.3 Å². The van der Waals surface area contributed by atoms with Crippen LogP contribution in [0.15, 0.2) is 0 Å². The topological polar surface area (TPSA) is 46.3 Å². The molecule has 5 heteroatoms. The Morgan fingerprint density at radius 3 is 2.82 bits per heavy atom. The van der Waals surface area contributed by atoms with Crippen molar-refractivity contribution in [3.63, 3.8) is 0 Å². The van der Waals surface area contributed by atoms with E-state index in [1.165, 1.54) is 0 Å². The molecule has 0 aromatic carbocycles. The van der Waals surface area contributed by atoms with Crippen LogP contribution in [0.25, 0.3) is 0 Å². The van der Waals surface area contributed by atoms with Crippen LogP contribution in [0.3, 0.4) is 0 Å². The molecule has 1 amide bonds. The van der Waals surface area contributed by atoms with Gasteiger partial charge >= 0.3 is 0 Å². The molecule has 1 aliphatic heterocycles. The zero-order valence-corrected chi connectivity index (χ0v) is 12.1. The first-order chi connectivity index (χ1) is 7.66. The van der Waals surface area contributed by atoms with Crippen molar-refractivity contribution in [1.29, 1.82) is 0 Å². The fourth-order valence-corrected chi connectivity index (χ4v) is 3.74. The number of nitrogens with two attached hydrogens (primary N) is 1. The monoisotopic (exact) mass is 278 g/mol. The smallest absolute Gasteiger partial charge is 0.225 e. The van der Waals surface area contributed by atoms with Gasteiger partial charge in [0.2, 0.25) is 5.91 Å². The minimum atomic E-state index is 0. The van der Waals surface area contributed by atoms with Crippen molar-refractivity contribution in [2.75, 3.05) is 18.8 Å². The maximum Gasteiger partial charge on any atom is 0.225 e. The summed E-state index contributed by atoms with van der Waals surface area (Å²) in [4.78, 5) is 14.4. The summed E-state index contributed by atoms with van der Waals surface area (Å²) in [5, 5.41) is 0.593. The molecule has 1 aliphatic carbocycles. The summed E-state index contributed by atoms with van der Waals surface area (Å²) in [5.41, 5.74) is 5.94. The zero-order chi connectivity index (χ0) is 11.5. The first kappa shape index (κ1) is 15.1. The lowest BCUT2D eigenvalue weighted by molar-refractivity contribution is -0.136. The van der Waals surface area contributed by atoms with Gasteiger partial charge < -0.3 is 10.6 Å². The Balaban J connectivity index is 0.00000144. The number of hydrogen-bond donors (Lipinski definition) is 1. The minimum absolute atomic E-state index is 0. The highest BCUT2D eigenvalue weighted by Gasteiger charge is 2.30. The van der Waals surface area contributed by atoms with Crippen LogP contribution in [-0.2, 0) is 4.79 Å². The highest BCUT2D eigenvalue weighted by atomic mass is 35.5.